The van der Waals surface area contributed by atoms with Crippen molar-refractivity contribution in [3.8, 4) is 0 Å². The Balaban J connectivity index is 1.75. The van der Waals surface area contributed by atoms with E-state index in [-0.39, 0.29) is 5.91 Å². The second-order valence-corrected chi connectivity index (χ2v) is 6.50. The number of fused-ring (bicyclic) bond motifs is 1. The minimum absolute atomic E-state index is 0.0113. The lowest BCUT2D eigenvalue weighted by Gasteiger charge is -2.16. The molecule has 0 fully saturated rings. The van der Waals surface area contributed by atoms with Crippen molar-refractivity contribution in [1.29, 1.82) is 0 Å². The zero-order valence-corrected chi connectivity index (χ0v) is 13.7. The van der Waals surface area contributed by atoms with Crippen LogP contribution in [-0.4, -0.2) is 32.5 Å². The molecule has 3 heterocycles. The summed E-state index contributed by atoms with van der Waals surface area (Å²) < 4.78 is 1.74. The second kappa shape index (κ2) is 5.88. The van der Waals surface area contributed by atoms with E-state index in [9.17, 15) is 4.79 Å². The Morgan fingerprint density at radius 1 is 1.41 bits per heavy atom. The monoisotopic (exact) mass is 314 g/mol. The van der Waals surface area contributed by atoms with Gasteiger partial charge in [0.2, 0.25) is 0 Å². The highest BCUT2D eigenvalue weighted by Gasteiger charge is 2.15. The predicted octanol–water partition coefficient (Wildman–Crippen LogP) is 3.19. The zero-order chi connectivity index (χ0) is 15.7. The molecule has 3 aromatic rings. The number of carbonyl (C=O) groups excluding carboxylic acids is 1. The Morgan fingerprint density at radius 3 is 2.95 bits per heavy atom. The van der Waals surface area contributed by atoms with Crippen LogP contribution in [0.3, 0.4) is 0 Å². The van der Waals surface area contributed by atoms with E-state index in [1.54, 1.807) is 46.3 Å². The molecule has 3 rings (SSSR count). The van der Waals surface area contributed by atoms with Crippen molar-refractivity contribution >= 4 is 22.8 Å². The molecule has 1 amide bonds. The minimum atomic E-state index is -0.0113. The number of amides is 1. The molecule has 0 spiro atoms. The van der Waals surface area contributed by atoms with E-state index >= 15 is 0 Å². The molecular formula is C16H18N4OS. The van der Waals surface area contributed by atoms with Crippen LogP contribution in [0.25, 0.3) is 5.52 Å². The third-order valence-corrected chi connectivity index (χ3v) is 4.65. The van der Waals surface area contributed by atoms with Gasteiger partial charge in [0.25, 0.3) is 5.91 Å². The van der Waals surface area contributed by atoms with Crippen LogP contribution in [0, 0.1) is 0 Å². The molecular weight excluding hydrogens is 296 g/mol. The lowest BCUT2D eigenvalue weighted by molar-refractivity contribution is 0.0783. The van der Waals surface area contributed by atoms with Crippen molar-refractivity contribution in [2.75, 3.05) is 7.05 Å². The van der Waals surface area contributed by atoms with Crippen LogP contribution in [-0.2, 0) is 6.54 Å². The van der Waals surface area contributed by atoms with Gasteiger partial charge in [-0.3, -0.25) is 4.79 Å². The molecule has 22 heavy (non-hydrogen) atoms. The van der Waals surface area contributed by atoms with Crippen LogP contribution in [0.1, 0.15) is 40.8 Å². The molecule has 0 saturated heterocycles. The summed E-state index contributed by atoms with van der Waals surface area (Å²) in [5.74, 6) is 0.409. The molecule has 0 aliphatic carbocycles. The number of nitrogens with zero attached hydrogens (tertiary/aromatic N) is 4. The maximum Gasteiger partial charge on any atom is 0.254 e. The van der Waals surface area contributed by atoms with E-state index in [1.165, 1.54) is 0 Å². The van der Waals surface area contributed by atoms with E-state index in [0.29, 0.717) is 18.0 Å². The average molecular weight is 314 g/mol. The Labute approximate surface area is 133 Å². The second-order valence-electron chi connectivity index (χ2n) is 5.61. The van der Waals surface area contributed by atoms with E-state index in [0.717, 1.165) is 16.2 Å². The van der Waals surface area contributed by atoms with Crippen molar-refractivity contribution in [1.82, 2.24) is 19.5 Å². The van der Waals surface area contributed by atoms with E-state index < -0.39 is 0 Å². The van der Waals surface area contributed by atoms with Gasteiger partial charge in [0.1, 0.15) is 0 Å². The lowest BCUT2D eigenvalue weighted by Crippen LogP contribution is -2.26. The third kappa shape index (κ3) is 2.87. The quantitative estimate of drug-likeness (QED) is 0.743. The molecule has 0 N–H and O–H groups in total. The maximum atomic E-state index is 12.5. The Kier molecular flexibility index (Phi) is 3.94. The van der Waals surface area contributed by atoms with Gasteiger partial charge >= 0.3 is 0 Å². The summed E-state index contributed by atoms with van der Waals surface area (Å²) >= 11 is 1.65. The van der Waals surface area contributed by atoms with Gasteiger partial charge in [-0.15, -0.1) is 11.3 Å². The summed E-state index contributed by atoms with van der Waals surface area (Å²) in [6.07, 6.45) is 3.52. The molecule has 0 radical (unpaired) electrons. The number of carbonyl (C=O) groups is 1. The Bertz CT molecular complexity index is 805. The number of aromatic nitrogens is 3. The molecule has 0 aliphatic heterocycles. The van der Waals surface area contributed by atoms with E-state index in [1.807, 2.05) is 17.5 Å². The van der Waals surface area contributed by atoms with Crippen LogP contribution in [0.15, 0.2) is 36.0 Å². The molecule has 3 aromatic heterocycles. The summed E-state index contributed by atoms with van der Waals surface area (Å²) in [6, 6.07) is 5.53. The highest BCUT2D eigenvalue weighted by atomic mass is 32.1. The Hall–Kier alpha value is -2.21. The van der Waals surface area contributed by atoms with Gasteiger partial charge < -0.3 is 4.90 Å². The standard InChI is InChI=1S/C16H18N4OS/c1-11(2)15-18-13(10-22-15)9-19(3)16(21)12-5-7-20-14(8-12)4-6-17-20/h4-8,10-11H,9H2,1-3H3. The normalized spacial score (nSPS) is 11.3. The molecule has 0 aliphatic rings. The highest BCUT2D eigenvalue weighted by molar-refractivity contribution is 7.09. The van der Waals surface area contributed by atoms with Gasteiger partial charge in [-0.25, -0.2) is 9.50 Å². The molecule has 114 valence electrons. The van der Waals surface area contributed by atoms with Crippen LogP contribution in [0.4, 0.5) is 0 Å². The third-order valence-electron chi connectivity index (χ3n) is 3.46. The fourth-order valence-corrected chi connectivity index (χ4v) is 3.08. The van der Waals surface area contributed by atoms with Crippen molar-refractivity contribution in [3.05, 3.63) is 52.2 Å². The van der Waals surface area contributed by atoms with Crippen LogP contribution < -0.4 is 0 Å². The molecule has 6 heteroatoms. The molecule has 0 saturated carbocycles. The Morgan fingerprint density at radius 2 is 2.23 bits per heavy atom. The van der Waals surface area contributed by atoms with Gasteiger partial charge in [-0.05, 0) is 18.2 Å². The van der Waals surface area contributed by atoms with Gasteiger partial charge in [0.15, 0.2) is 0 Å². The SMILES string of the molecule is CC(C)c1nc(CN(C)C(=O)c2ccn3nccc3c2)cs1. The number of pyridine rings is 1. The van der Waals surface area contributed by atoms with Crippen LogP contribution >= 0.6 is 11.3 Å². The fraction of sp³-hybridized carbons (Fsp3) is 0.312. The van der Waals surface area contributed by atoms with Gasteiger partial charge in [-0.1, -0.05) is 13.8 Å². The summed E-state index contributed by atoms with van der Waals surface area (Å²) in [7, 11) is 1.80. The highest BCUT2D eigenvalue weighted by Crippen LogP contribution is 2.20. The predicted molar refractivity (Wildman–Crippen MR) is 87.2 cm³/mol. The first-order chi connectivity index (χ1) is 10.5. The zero-order valence-electron chi connectivity index (χ0n) is 12.9. The lowest BCUT2D eigenvalue weighted by atomic mass is 10.2. The first kappa shape index (κ1) is 14.7. The van der Waals surface area contributed by atoms with Crippen molar-refractivity contribution in [3.63, 3.8) is 0 Å². The first-order valence-electron chi connectivity index (χ1n) is 7.18. The van der Waals surface area contributed by atoms with Crippen LogP contribution in [0.2, 0.25) is 0 Å². The van der Waals surface area contributed by atoms with Crippen molar-refractivity contribution in [2.45, 2.75) is 26.3 Å². The minimum Gasteiger partial charge on any atom is -0.336 e. The van der Waals surface area contributed by atoms with Gasteiger partial charge in [-0.2, -0.15) is 5.10 Å². The van der Waals surface area contributed by atoms with E-state index in [2.05, 4.69) is 23.9 Å². The largest absolute Gasteiger partial charge is 0.336 e. The fourth-order valence-electron chi connectivity index (χ4n) is 2.25. The summed E-state index contributed by atoms with van der Waals surface area (Å²) in [6.45, 7) is 4.77. The molecule has 0 bridgehead atoms. The number of hydrogen-bond acceptors (Lipinski definition) is 4. The molecule has 0 aromatic carbocycles. The topological polar surface area (TPSA) is 50.5 Å². The average Bonchev–Trinajstić information content (AvgIpc) is 3.14. The van der Waals surface area contributed by atoms with Gasteiger partial charge in [0.05, 0.1) is 22.8 Å². The number of hydrogen-bond donors (Lipinski definition) is 0. The first-order valence-corrected chi connectivity index (χ1v) is 8.05. The summed E-state index contributed by atoms with van der Waals surface area (Å²) in [5.41, 5.74) is 2.51. The summed E-state index contributed by atoms with van der Waals surface area (Å²) in [5, 5.41) is 7.27. The van der Waals surface area contributed by atoms with E-state index in [4.69, 9.17) is 0 Å². The maximum absolute atomic E-state index is 12.5. The molecule has 0 atom stereocenters. The molecule has 0 unspecified atom stereocenters. The smallest absolute Gasteiger partial charge is 0.254 e. The number of rotatable bonds is 4. The van der Waals surface area contributed by atoms with Crippen molar-refractivity contribution in [2.24, 2.45) is 0 Å². The van der Waals surface area contributed by atoms with Crippen LogP contribution in [0.5, 0.6) is 0 Å². The van der Waals surface area contributed by atoms with Gasteiger partial charge in [0, 0.05) is 36.3 Å². The molecule has 5 nitrogen and oxygen atoms in total. The summed E-state index contributed by atoms with van der Waals surface area (Å²) in [4.78, 5) is 18.8. The van der Waals surface area contributed by atoms with Crippen molar-refractivity contribution < 1.29 is 4.79 Å². The number of thiazole rings is 1.